The average molecular weight is 278 g/mol. The van der Waals surface area contributed by atoms with Crippen molar-refractivity contribution in [2.45, 2.75) is 12.3 Å². The number of ether oxygens (including phenoxy) is 2. The lowest BCUT2D eigenvalue weighted by Gasteiger charge is -2.06. The first-order chi connectivity index (χ1) is 6.85. The maximum atomic E-state index is 5.86. The van der Waals surface area contributed by atoms with Crippen LogP contribution in [0.1, 0.15) is 11.1 Å². The van der Waals surface area contributed by atoms with Crippen LogP contribution in [0.3, 0.4) is 0 Å². The zero-order valence-electron chi connectivity index (χ0n) is 7.56. The molecule has 2 nitrogen and oxygen atoms in total. The van der Waals surface area contributed by atoms with Gasteiger partial charge in [0.2, 0.25) is 6.79 Å². The Kier molecular flexibility index (Phi) is 3.19. The second-order valence-corrected chi connectivity index (χ2v) is 4.11. The predicted octanol–water partition coefficient (Wildman–Crippen LogP) is 3.09. The molecule has 1 aromatic carbocycles. The van der Waals surface area contributed by atoms with Crippen molar-refractivity contribution in [2.75, 3.05) is 12.1 Å². The molecule has 0 aliphatic carbocycles. The standard InChI is InChI=1S/C10H10BrClO2/c11-2-1-7-3-9-10(14-6-13-9)4-8(7)5-12/h3-4H,1-2,5-6H2. The van der Waals surface area contributed by atoms with Crippen molar-refractivity contribution in [2.24, 2.45) is 0 Å². The Bertz CT molecular complexity index is 341. The molecule has 0 spiro atoms. The fraction of sp³-hybridized carbons (Fsp3) is 0.400. The van der Waals surface area contributed by atoms with Gasteiger partial charge >= 0.3 is 0 Å². The minimum absolute atomic E-state index is 0.314. The Balaban J connectivity index is 2.38. The molecule has 0 saturated heterocycles. The van der Waals surface area contributed by atoms with Gasteiger partial charge in [-0.3, -0.25) is 0 Å². The molecule has 1 aliphatic rings. The molecule has 0 N–H and O–H groups in total. The molecule has 1 aromatic rings. The highest BCUT2D eigenvalue weighted by atomic mass is 79.9. The van der Waals surface area contributed by atoms with Crippen molar-refractivity contribution < 1.29 is 9.47 Å². The minimum atomic E-state index is 0.314. The van der Waals surface area contributed by atoms with Crippen LogP contribution < -0.4 is 9.47 Å². The Morgan fingerprint density at radius 3 is 2.43 bits per heavy atom. The van der Waals surface area contributed by atoms with Crippen LogP contribution in [-0.2, 0) is 12.3 Å². The predicted molar refractivity (Wildman–Crippen MR) is 59.6 cm³/mol. The number of alkyl halides is 2. The molecule has 0 bridgehead atoms. The van der Waals surface area contributed by atoms with Crippen molar-refractivity contribution in [3.63, 3.8) is 0 Å². The Hall–Kier alpha value is -0.410. The summed E-state index contributed by atoms with van der Waals surface area (Å²) in [6.07, 6.45) is 0.957. The van der Waals surface area contributed by atoms with Gasteiger partial charge in [-0.2, -0.15) is 0 Å². The maximum Gasteiger partial charge on any atom is 0.231 e. The first-order valence-electron chi connectivity index (χ1n) is 4.38. The maximum absolute atomic E-state index is 5.86. The largest absolute Gasteiger partial charge is 0.454 e. The topological polar surface area (TPSA) is 18.5 Å². The molecule has 4 heteroatoms. The monoisotopic (exact) mass is 276 g/mol. The van der Waals surface area contributed by atoms with E-state index in [-0.39, 0.29) is 0 Å². The van der Waals surface area contributed by atoms with E-state index >= 15 is 0 Å². The molecule has 0 amide bonds. The van der Waals surface area contributed by atoms with Gasteiger partial charge in [0.25, 0.3) is 0 Å². The zero-order valence-corrected chi connectivity index (χ0v) is 9.90. The first kappa shape index (κ1) is 10.1. The third-order valence-electron chi connectivity index (χ3n) is 2.20. The van der Waals surface area contributed by atoms with Gasteiger partial charge in [-0.25, -0.2) is 0 Å². The number of halogens is 2. The van der Waals surface area contributed by atoms with Crippen LogP contribution in [-0.4, -0.2) is 12.1 Å². The second-order valence-electron chi connectivity index (χ2n) is 3.05. The molecular formula is C10H10BrClO2. The fourth-order valence-electron chi connectivity index (χ4n) is 1.49. The molecule has 1 heterocycles. The van der Waals surface area contributed by atoms with Crippen molar-refractivity contribution in [3.8, 4) is 11.5 Å². The first-order valence-corrected chi connectivity index (χ1v) is 6.04. The van der Waals surface area contributed by atoms with E-state index < -0.39 is 0 Å². The number of benzene rings is 1. The van der Waals surface area contributed by atoms with Gasteiger partial charge in [0.1, 0.15) is 0 Å². The van der Waals surface area contributed by atoms with Crippen LogP contribution in [0, 0.1) is 0 Å². The summed E-state index contributed by atoms with van der Waals surface area (Å²) in [6.45, 7) is 0.314. The highest BCUT2D eigenvalue weighted by molar-refractivity contribution is 9.09. The van der Waals surface area contributed by atoms with E-state index in [9.17, 15) is 0 Å². The quantitative estimate of drug-likeness (QED) is 0.791. The molecule has 0 saturated carbocycles. The summed E-state index contributed by atoms with van der Waals surface area (Å²) in [5.41, 5.74) is 2.34. The van der Waals surface area contributed by atoms with Gasteiger partial charge in [-0.15, -0.1) is 11.6 Å². The van der Waals surface area contributed by atoms with Crippen LogP contribution in [0.2, 0.25) is 0 Å². The van der Waals surface area contributed by atoms with Crippen LogP contribution in [0.15, 0.2) is 12.1 Å². The van der Waals surface area contributed by atoms with Crippen molar-refractivity contribution >= 4 is 27.5 Å². The van der Waals surface area contributed by atoms with Crippen LogP contribution in [0.5, 0.6) is 11.5 Å². The van der Waals surface area contributed by atoms with E-state index in [0.717, 1.165) is 28.8 Å². The van der Waals surface area contributed by atoms with Crippen LogP contribution >= 0.6 is 27.5 Å². The fourth-order valence-corrected chi connectivity index (χ4v) is 2.16. The Morgan fingerprint density at radius 2 is 1.86 bits per heavy atom. The van der Waals surface area contributed by atoms with E-state index in [1.165, 1.54) is 5.56 Å². The Labute approximate surface area is 96.3 Å². The third kappa shape index (κ3) is 1.84. The molecule has 0 aromatic heterocycles. The number of aryl methyl sites for hydroxylation is 1. The average Bonchev–Trinajstić information content (AvgIpc) is 2.64. The summed E-state index contributed by atoms with van der Waals surface area (Å²) >= 11 is 9.27. The molecular weight excluding hydrogens is 267 g/mol. The number of hydrogen-bond acceptors (Lipinski definition) is 2. The SMILES string of the molecule is ClCc1cc2c(cc1CCBr)OCO2. The van der Waals surface area contributed by atoms with Crippen molar-refractivity contribution in [1.29, 1.82) is 0 Å². The lowest BCUT2D eigenvalue weighted by molar-refractivity contribution is 0.174. The molecule has 0 unspecified atom stereocenters. The normalized spacial score (nSPS) is 13.3. The van der Waals surface area contributed by atoms with E-state index in [1.807, 2.05) is 12.1 Å². The molecule has 0 radical (unpaired) electrons. The van der Waals surface area contributed by atoms with E-state index in [1.54, 1.807) is 0 Å². The number of hydrogen-bond donors (Lipinski definition) is 0. The molecule has 1 aliphatic heterocycles. The van der Waals surface area contributed by atoms with E-state index in [2.05, 4.69) is 15.9 Å². The zero-order chi connectivity index (χ0) is 9.97. The van der Waals surface area contributed by atoms with Crippen molar-refractivity contribution in [1.82, 2.24) is 0 Å². The Morgan fingerprint density at radius 1 is 1.21 bits per heavy atom. The summed E-state index contributed by atoms with van der Waals surface area (Å²) in [4.78, 5) is 0. The number of fused-ring (bicyclic) bond motifs is 1. The molecule has 76 valence electrons. The molecule has 0 atom stereocenters. The second kappa shape index (κ2) is 4.41. The van der Waals surface area contributed by atoms with Gasteiger partial charge in [0, 0.05) is 11.2 Å². The van der Waals surface area contributed by atoms with Gasteiger partial charge in [-0.05, 0) is 29.7 Å². The van der Waals surface area contributed by atoms with E-state index in [0.29, 0.717) is 12.7 Å². The van der Waals surface area contributed by atoms with Crippen LogP contribution in [0.4, 0.5) is 0 Å². The smallest absolute Gasteiger partial charge is 0.231 e. The third-order valence-corrected chi connectivity index (χ3v) is 2.89. The summed E-state index contributed by atoms with van der Waals surface area (Å²) in [7, 11) is 0. The lowest BCUT2D eigenvalue weighted by atomic mass is 10.1. The molecule has 2 rings (SSSR count). The number of rotatable bonds is 3. The summed E-state index contributed by atoms with van der Waals surface area (Å²) in [5.74, 6) is 2.15. The highest BCUT2D eigenvalue weighted by Gasteiger charge is 2.16. The summed E-state index contributed by atoms with van der Waals surface area (Å²) in [5, 5.41) is 0.927. The van der Waals surface area contributed by atoms with Crippen molar-refractivity contribution in [3.05, 3.63) is 23.3 Å². The van der Waals surface area contributed by atoms with E-state index in [4.69, 9.17) is 21.1 Å². The lowest BCUT2D eigenvalue weighted by Crippen LogP contribution is -1.93. The molecule has 0 fully saturated rings. The van der Waals surface area contributed by atoms with Gasteiger partial charge in [0.05, 0.1) is 0 Å². The summed E-state index contributed by atoms with van der Waals surface area (Å²) < 4.78 is 10.6. The van der Waals surface area contributed by atoms with Gasteiger partial charge < -0.3 is 9.47 Å². The minimum Gasteiger partial charge on any atom is -0.454 e. The van der Waals surface area contributed by atoms with Gasteiger partial charge in [-0.1, -0.05) is 15.9 Å². The highest BCUT2D eigenvalue weighted by Crippen LogP contribution is 2.35. The summed E-state index contributed by atoms with van der Waals surface area (Å²) in [6, 6.07) is 3.98. The van der Waals surface area contributed by atoms with Gasteiger partial charge in [0.15, 0.2) is 11.5 Å². The van der Waals surface area contributed by atoms with Crippen LogP contribution in [0.25, 0.3) is 0 Å². The molecule has 14 heavy (non-hydrogen) atoms.